The molecule has 2 N–H and O–H groups in total. The summed E-state index contributed by atoms with van der Waals surface area (Å²) in [5.41, 5.74) is 0.965. The van der Waals surface area contributed by atoms with Crippen LogP contribution in [0.1, 0.15) is 5.56 Å². The van der Waals surface area contributed by atoms with E-state index < -0.39 is 0 Å². The highest BCUT2D eigenvalue weighted by molar-refractivity contribution is 5.12. The second kappa shape index (κ2) is 6.70. The quantitative estimate of drug-likeness (QED) is 0.474. The van der Waals surface area contributed by atoms with Gasteiger partial charge in [-0.15, -0.1) is 4.91 Å². The fourth-order valence-corrected chi connectivity index (χ4v) is 0.583. The summed E-state index contributed by atoms with van der Waals surface area (Å²) in [4.78, 5) is 8.11. The van der Waals surface area contributed by atoms with Crippen LogP contribution in [0.2, 0.25) is 0 Å². The standard InChI is InChI=1S/C7H8O.HNO2/c8-6-7-4-2-1-3-5-7;2-1-3/h1-5,8H,6H2;(H,2,3). The van der Waals surface area contributed by atoms with Crippen LogP contribution >= 0.6 is 0 Å². The number of benzene rings is 1. The third kappa shape index (κ3) is 5.05. The summed E-state index contributed by atoms with van der Waals surface area (Å²) in [6.45, 7) is 0.140. The molecule has 0 saturated carbocycles. The van der Waals surface area contributed by atoms with E-state index in [1.165, 1.54) is 5.34 Å². The maximum atomic E-state index is 8.54. The summed E-state index contributed by atoms with van der Waals surface area (Å²) in [6, 6.07) is 9.52. The molecule has 0 aliphatic rings. The average molecular weight is 155 g/mol. The van der Waals surface area contributed by atoms with Crippen molar-refractivity contribution < 1.29 is 10.3 Å². The Kier molecular flexibility index (Phi) is 5.83. The zero-order valence-corrected chi connectivity index (χ0v) is 5.84. The first-order valence-corrected chi connectivity index (χ1v) is 2.96. The summed E-state index contributed by atoms with van der Waals surface area (Å²) in [5, 5.41) is 16.4. The summed E-state index contributed by atoms with van der Waals surface area (Å²) >= 11 is 0. The van der Waals surface area contributed by atoms with Gasteiger partial charge in [0, 0.05) is 0 Å². The second-order valence-corrected chi connectivity index (χ2v) is 1.73. The first-order valence-electron chi connectivity index (χ1n) is 2.96. The SMILES string of the molecule is O=NO.OCc1ccccc1. The Balaban J connectivity index is 0.000000292. The number of aliphatic hydroxyl groups excluding tert-OH is 1. The molecule has 0 bridgehead atoms. The third-order valence-electron chi connectivity index (χ3n) is 1.03. The van der Waals surface area contributed by atoms with E-state index >= 15 is 0 Å². The van der Waals surface area contributed by atoms with Crippen molar-refractivity contribution >= 4 is 0 Å². The number of hydrogen-bond acceptors (Lipinski definition) is 3. The van der Waals surface area contributed by atoms with Crippen molar-refractivity contribution in [3.05, 3.63) is 40.8 Å². The maximum Gasteiger partial charge on any atom is 0.152 e. The first-order chi connectivity index (χ1) is 5.35. The van der Waals surface area contributed by atoms with E-state index in [-0.39, 0.29) is 6.61 Å². The van der Waals surface area contributed by atoms with Gasteiger partial charge in [-0.3, -0.25) is 0 Å². The highest BCUT2D eigenvalue weighted by atomic mass is 16.6. The maximum absolute atomic E-state index is 8.54. The van der Waals surface area contributed by atoms with Crippen molar-refractivity contribution in [3.63, 3.8) is 0 Å². The molecule has 0 spiro atoms. The first kappa shape index (κ1) is 9.58. The minimum Gasteiger partial charge on any atom is -0.392 e. The van der Waals surface area contributed by atoms with Crippen molar-refractivity contribution in [1.82, 2.24) is 0 Å². The van der Waals surface area contributed by atoms with Crippen LogP contribution in [-0.4, -0.2) is 10.3 Å². The monoisotopic (exact) mass is 155 g/mol. The highest BCUT2D eigenvalue weighted by Crippen LogP contribution is 1.95. The summed E-state index contributed by atoms with van der Waals surface area (Å²) < 4.78 is 0. The van der Waals surface area contributed by atoms with Crippen LogP contribution in [0.25, 0.3) is 0 Å². The molecular formula is C7H9NO3. The topological polar surface area (TPSA) is 69.9 Å². The Morgan fingerprint density at radius 2 is 1.73 bits per heavy atom. The van der Waals surface area contributed by atoms with Gasteiger partial charge in [0.15, 0.2) is 5.34 Å². The van der Waals surface area contributed by atoms with Crippen molar-refractivity contribution in [2.24, 2.45) is 5.34 Å². The lowest BCUT2D eigenvalue weighted by Gasteiger charge is -1.89. The van der Waals surface area contributed by atoms with E-state index in [1.54, 1.807) is 0 Å². The van der Waals surface area contributed by atoms with Gasteiger partial charge < -0.3 is 10.3 Å². The summed E-state index contributed by atoms with van der Waals surface area (Å²) in [7, 11) is 0. The molecule has 0 amide bonds. The van der Waals surface area contributed by atoms with Crippen LogP contribution in [0.4, 0.5) is 0 Å². The van der Waals surface area contributed by atoms with E-state index in [9.17, 15) is 0 Å². The van der Waals surface area contributed by atoms with Gasteiger partial charge in [0.1, 0.15) is 0 Å². The van der Waals surface area contributed by atoms with Gasteiger partial charge in [0.25, 0.3) is 0 Å². The van der Waals surface area contributed by atoms with Gasteiger partial charge in [-0.05, 0) is 5.56 Å². The normalized spacial score (nSPS) is 7.73. The molecular weight excluding hydrogens is 146 g/mol. The molecule has 1 aromatic rings. The van der Waals surface area contributed by atoms with Crippen LogP contribution in [0.3, 0.4) is 0 Å². The Hall–Kier alpha value is -1.42. The molecule has 0 heterocycles. The number of hydrogen-bond donors (Lipinski definition) is 2. The molecule has 1 rings (SSSR count). The third-order valence-corrected chi connectivity index (χ3v) is 1.03. The molecule has 0 aromatic heterocycles. The predicted molar refractivity (Wildman–Crippen MR) is 39.9 cm³/mol. The number of aliphatic hydroxyl groups is 1. The lowest BCUT2D eigenvalue weighted by atomic mass is 10.2. The Morgan fingerprint density at radius 3 is 2.00 bits per heavy atom. The van der Waals surface area contributed by atoms with Crippen molar-refractivity contribution in [2.75, 3.05) is 0 Å². The van der Waals surface area contributed by atoms with Gasteiger partial charge in [-0.1, -0.05) is 30.3 Å². The van der Waals surface area contributed by atoms with Gasteiger partial charge in [0.05, 0.1) is 6.61 Å². The smallest absolute Gasteiger partial charge is 0.152 e. The lowest BCUT2D eigenvalue weighted by molar-refractivity contribution is 0.282. The molecule has 0 unspecified atom stereocenters. The fourth-order valence-electron chi connectivity index (χ4n) is 0.583. The highest BCUT2D eigenvalue weighted by Gasteiger charge is 1.81. The number of nitrogens with zero attached hydrogens (tertiary/aromatic N) is 1. The lowest BCUT2D eigenvalue weighted by Crippen LogP contribution is -1.77. The van der Waals surface area contributed by atoms with E-state index in [2.05, 4.69) is 0 Å². The second-order valence-electron chi connectivity index (χ2n) is 1.73. The largest absolute Gasteiger partial charge is 0.392 e. The van der Waals surface area contributed by atoms with Gasteiger partial charge in [-0.25, -0.2) is 0 Å². The van der Waals surface area contributed by atoms with Crippen LogP contribution in [0.15, 0.2) is 35.7 Å². The van der Waals surface area contributed by atoms with E-state index in [0.29, 0.717) is 0 Å². The molecule has 4 nitrogen and oxygen atoms in total. The van der Waals surface area contributed by atoms with E-state index in [4.69, 9.17) is 15.2 Å². The molecule has 60 valence electrons. The molecule has 0 saturated heterocycles. The van der Waals surface area contributed by atoms with Crippen LogP contribution in [-0.2, 0) is 6.61 Å². The molecule has 0 radical (unpaired) electrons. The van der Waals surface area contributed by atoms with E-state index in [1.807, 2.05) is 30.3 Å². The van der Waals surface area contributed by atoms with Crippen molar-refractivity contribution in [1.29, 1.82) is 0 Å². The van der Waals surface area contributed by atoms with Gasteiger partial charge >= 0.3 is 0 Å². The zero-order chi connectivity index (χ0) is 8.53. The Labute approximate surface area is 64.0 Å². The van der Waals surface area contributed by atoms with Gasteiger partial charge in [0.2, 0.25) is 0 Å². The van der Waals surface area contributed by atoms with Gasteiger partial charge in [-0.2, -0.15) is 0 Å². The van der Waals surface area contributed by atoms with Crippen LogP contribution in [0.5, 0.6) is 0 Å². The predicted octanol–water partition coefficient (Wildman–Crippen LogP) is 1.32. The van der Waals surface area contributed by atoms with Crippen LogP contribution in [0, 0.1) is 4.91 Å². The van der Waals surface area contributed by atoms with Crippen molar-refractivity contribution in [2.45, 2.75) is 6.61 Å². The molecule has 0 aliphatic carbocycles. The zero-order valence-electron chi connectivity index (χ0n) is 5.84. The molecule has 1 aromatic carbocycles. The summed E-state index contributed by atoms with van der Waals surface area (Å²) in [6.07, 6.45) is 0. The molecule has 0 aliphatic heterocycles. The van der Waals surface area contributed by atoms with Crippen molar-refractivity contribution in [3.8, 4) is 0 Å². The fraction of sp³-hybridized carbons (Fsp3) is 0.143. The average Bonchev–Trinajstić information content (AvgIpc) is 2.08. The number of rotatable bonds is 1. The Bertz CT molecular complexity index is 188. The molecule has 0 atom stereocenters. The minimum absolute atomic E-state index is 0.140. The molecule has 11 heavy (non-hydrogen) atoms. The molecule has 0 fully saturated rings. The minimum atomic E-state index is 0.140. The summed E-state index contributed by atoms with van der Waals surface area (Å²) in [5.74, 6) is 0. The van der Waals surface area contributed by atoms with E-state index in [0.717, 1.165) is 5.56 Å². The molecule has 4 heteroatoms. The Morgan fingerprint density at radius 1 is 1.27 bits per heavy atom. The van der Waals surface area contributed by atoms with Crippen LogP contribution < -0.4 is 0 Å².